The third-order valence-electron chi connectivity index (χ3n) is 3.29. The van der Waals surface area contributed by atoms with E-state index >= 15 is 0 Å². The van der Waals surface area contributed by atoms with E-state index in [1.807, 2.05) is 0 Å². The molecule has 0 amide bonds. The van der Waals surface area contributed by atoms with Crippen molar-refractivity contribution >= 4 is 5.97 Å². The fourth-order valence-electron chi connectivity index (χ4n) is 2.17. The number of rotatable bonds is 2. The maximum absolute atomic E-state index is 11.8. The molecule has 0 unspecified atom stereocenters. The van der Waals surface area contributed by atoms with Crippen LogP contribution in [0.2, 0.25) is 0 Å². The van der Waals surface area contributed by atoms with Crippen LogP contribution in [0.15, 0.2) is 10.9 Å². The molecule has 92 valence electrons. The van der Waals surface area contributed by atoms with Gasteiger partial charge in [-0.05, 0) is 37.7 Å². The summed E-state index contributed by atoms with van der Waals surface area (Å²) in [6.45, 7) is 3.61. The van der Waals surface area contributed by atoms with E-state index in [4.69, 9.17) is 5.11 Å². The first-order chi connectivity index (χ1) is 7.99. The Morgan fingerprint density at radius 1 is 1.65 bits per heavy atom. The molecule has 0 aromatic carbocycles. The molecule has 0 radical (unpaired) electrons. The second-order valence-corrected chi connectivity index (χ2v) is 4.76. The van der Waals surface area contributed by atoms with Gasteiger partial charge in [0.2, 0.25) is 0 Å². The van der Waals surface area contributed by atoms with Crippen molar-refractivity contribution in [2.45, 2.75) is 39.2 Å². The van der Waals surface area contributed by atoms with Gasteiger partial charge in [-0.25, -0.2) is 9.48 Å². The van der Waals surface area contributed by atoms with Gasteiger partial charge in [0.25, 0.3) is 5.56 Å². The molecule has 1 aromatic heterocycles. The van der Waals surface area contributed by atoms with E-state index in [0.717, 1.165) is 35.2 Å². The van der Waals surface area contributed by atoms with E-state index in [0.29, 0.717) is 5.92 Å². The molecule has 1 aromatic rings. The van der Waals surface area contributed by atoms with Crippen molar-refractivity contribution in [2.75, 3.05) is 0 Å². The highest BCUT2D eigenvalue weighted by Gasteiger charge is 2.21. The molecular weight excluding hydrogens is 220 g/mol. The first-order valence-electron chi connectivity index (χ1n) is 5.83. The first kappa shape index (κ1) is 11.8. The number of fused-ring (bicyclic) bond motifs is 1. The average Bonchev–Trinajstić information content (AvgIpc) is 2.27. The van der Waals surface area contributed by atoms with E-state index in [1.54, 1.807) is 0 Å². The van der Waals surface area contributed by atoms with Gasteiger partial charge in [0.1, 0.15) is 0 Å². The Labute approximate surface area is 99.1 Å². The Balaban J connectivity index is 2.45. The molecule has 0 aliphatic heterocycles. The zero-order chi connectivity index (χ0) is 12.6. The summed E-state index contributed by atoms with van der Waals surface area (Å²) in [5.41, 5.74) is 1.52. The number of aliphatic carboxylic acids is 1. The Bertz CT molecular complexity index is 507. The molecule has 5 nitrogen and oxygen atoms in total. The van der Waals surface area contributed by atoms with Crippen molar-refractivity contribution in [2.24, 2.45) is 5.92 Å². The number of carboxylic acid groups (broad SMARTS) is 1. The minimum absolute atomic E-state index is 0.326. The third kappa shape index (κ3) is 2.23. The number of hydrogen-bond donors (Lipinski definition) is 1. The largest absolute Gasteiger partial charge is 0.480 e. The molecule has 17 heavy (non-hydrogen) atoms. The normalized spacial score (nSPS) is 20.7. The van der Waals surface area contributed by atoms with E-state index in [9.17, 15) is 9.59 Å². The van der Waals surface area contributed by atoms with Crippen molar-refractivity contribution in [1.82, 2.24) is 9.78 Å². The zero-order valence-corrected chi connectivity index (χ0v) is 10.0. The minimum Gasteiger partial charge on any atom is -0.480 e. The summed E-state index contributed by atoms with van der Waals surface area (Å²) in [7, 11) is 0. The minimum atomic E-state index is -1.04. The van der Waals surface area contributed by atoms with E-state index in [1.165, 1.54) is 13.0 Å². The van der Waals surface area contributed by atoms with Crippen LogP contribution in [0.25, 0.3) is 0 Å². The molecule has 0 bridgehead atoms. The number of nitrogens with zero attached hydrogens (tertiary/aromatic N) is 2. The van der Waals surface area contributed by atoms with Gasteiger partial charge in [0.15, 0.2) is 6.04 Å². The maximum Gasteiger partial charge on any atom is 0.328 e. The SMILES string of the molecule is C[C@@H]1CCc2nn([C@@H](C)C(=O)O)c(=O)cc2C1. The number of hydrogen-bond acceptors (Lipinski definition) is 3. The molecule has 1 heterocycles. The summed E-state index contributed by atoms with van der Waals surface area (Å²) in [6, 6.07) is 0.629. The molecule has 1 aliphatic carbocycles. The molecule has 2 atom stereocenters. The van der Waals surface area contributed by atoms with Gasteiger partial charge in [-0.3, -0.25) is 4.79 Å². The predicted molar refractivity (Wildman–Crippen MR) is 62.0 cm³/mol. The summed E-state index contributed by atoms with van der Waals surface area (Å²) in [5, 5.41) is 13.1. The van der Waals surface area contributed by atoms with Gasteiger partial charge >= 0.3 is 5.97 Å². The number of aryl methyl sites for hydroxylation is 1. The van der Waals surface area contributed by atoms with Gasteiger partial charge in [0, 0.05) is 6.07 Å². The van der Waals surface area contributed by atoms with Crippen LogP contribution in [-0.4, -0.2) is 20.9 Å². The third-order valence-corrected chi connectivity index (χ3v) is 3.29. The quantitative estimate of drug-likeness (QED) is 0.832. The lowest BCUT2D eigenvalue weighted by molar-refractivity contribution is -0.140. The van der Waals surface area contributed by atoms with Crippen LogP contribution in [-0.2, 0) is 17.6 Å². The lowest BCUT2D eigenvalue weighted by Crippen LogP contribution is -2.32. The van der Waals surface area contributed by atoms with Crippen molar-refractivity contribution in [3.8, 4) is 0 Å². The van der Waals surface area contributed by atoms with Crippen molar-refractivity contribution in [3.05, 3.63) is 27.7 Å². The molecule has 5 heteroatoms. The maximum atomic E-state index is 11.8. The Morgan fingerprint density at radius 2 is 2.35 bits per heavy atom. The highest BCUT2D eigenvalue weighted by atomic mass is 16.4. The Hall–Kier alpha value is -1.65. The molecule has 0 fully saturated rings. The summed E-state index contributed by atoms with van der Waals surface area (Å²) in [4.78, 5) is 22.7. The monoisotopic (exact) mass is 236 g/mol. The first-order valence-corrected chi connectivity index (χ1v) is 5.83. The fraction of sp³-hybridized carbons (Fsp3) is 0.583. The van der Waals surface area contributed by atoms with E-state index in [-0.39, 0.29) is 5.56 Å². The molecule has 1 aliphatic rings. The van der Waals surface area contributed by atoms with Crippen LogP contribution < -0.4 is 5.56 Å². The molecule has 0 spiro atoms. The molecule has 0 saturated heterocycles. The predicted octanol–water partition coefficient (Wildman–Crippen LogP) is 1.01. The van der Waals surface area contributed by atoms with E-state index in [2.05, 4.69) is 12.0 Å². The van der Waals surface area contributed by atoms with Crippen LogP contribution in [0.5, 0.6) is 0 Å². The zero-order valence-electron chi connectivity index (χ0n) is 10.0. The number of carboxylic acids is 1. The van der Waals surface area contributed by atoms with Crippen LogP contribution >= 0.6 is 0 Å². The van der Waals surface area contributed by atoms with Crippen molar-refractivity contribution in [1.29, 1.82) is 0 Å². The van der Waals surface area contributed by atoms with Gasteiger partial charge in [-0.15, -0.1) is 0 Å². The van der Waals surface area contributed by atoms with E-state index < -0.39 is 12.0 Å². The summed E-state index contributed by atoms with van der Waals surface area (Å²) in [6.07, 6.45) is 2.72. The van der Waals surface area contributed by atoms with Gasteiger partial charge in [-0.1, -0.05) is 6.92 Å². The molecule has 2 rings (SSSR count). The number of carbonyl (C=O) groups is 1. The Kier molecular flexibility index (Phi) is 3.00. The smallest absolute Gasteiger partial charge is 0.328 e. The topological polar surface area (TPSA) is 72.2 Å². The summed E-state index contributed by atoms with van der Waals surface area (Å²) < 4.78 is 1.07. The van der Waals surface area contributed by atoms with Gasteiger partial charge < -0.3 is 5.11 Å². The standard InChI is InChI=1S/C12H16N2O3/c1-7-3-4-10-9(5-7)6-11(15)14(13-10)8(2)12(16)17/h6-8H,3-5H2,1-2H3,(H,16,17)/t7-,8+/m1/s1. The van der Waals surface area contributed by atoms with Crippen molar-refractivity contribution < 1.29 is 9.90 Å². The van der Waals surface area contributed by atoms with Gasteiger partial charge in [0.05, 0.1) is 5.69 Å². The summed E-state index contributed by atoms with van der Waals surface area (Å²) >= 11 is 0. The average molecular weight is 236 g/mol. The second-order valence-electron chi connectivity index (χ2n) is 4.76. The van der Waals surface area contributed by atoms with Crippen LogP contribution in [0.3, 0.4) is 0 Å². The summed E-state index contributed by atoms with van der Waals surface area (Å²) in [5.74, 6) is -0.472. The lowest BCUT2D eigenvalue weighted by atomic mass is 9.88. The molecule has 1 N–H and O–H groups in total. The highest BCUT2D eigenvalue weighted by Crippen LogP contribution is 2.22. The second kappa shape index (κ2) is 4.31. The highest BCUT2D eigenvalue weighted by molar-refractivity contribution is 5.71. The van der Waals surface area contributed by atoms with Gasteiger partial charge in [-0.2, -0.15) is 5.10 Å². The Morgan fingerprint density at radius 3 is 3.00 bits per heavy atom. The molecule has 0 saturated carbocycles. The van der Waals surface area contributed by atoms with Crippen LogP contribution in [0.1, 0.15) is 37.6 Å². The van der Waals surface area contributed by atoms with Crippen LogP contribution in [0, 0.1) is 5.92 Å². The van der Waals surface area contributed by atoms with Crippen molar-refractivity contribution in [3.63, 3.8) is 0 Å². The fourth-order valence-corrected chi connectivity index (χ4v) is 2.17. The lowest BCUT2D eigenvalue weighted by Gasteiger charge is -2.21. The molecular formula is C12H16N2O3. The van der Waals surface area contributed by atoms with Crippen LogP contribution in [0.4, 0.5) is 0 Å². The number of aromatic nitrogens is 2.